The van der Waals surface area contributed by atoms with Gasteiger partial charge in [0.15, 0.2) is 0 Å². The molecule has 0 radical (unpaired) electrons. The summed E-state index contributed by atoms with van der Waals surface area (Å²) in [5.74, 6) is -0.393. The minimum absolute atomic E-state index is 0.0337. The van der Waals surface area contributed by atoms with E-state index in [2.05, 4.69) is 5.32 Å². The van der Waals surface area contributed by atoms with Gasteiger partial charge in [0.05, 0.1) is 22.7 Å². The number of nitrogens with zero attached hydrogens (tertiary/aromatic N) is 2. The number of methoxy groups -OCH3 is 1. The number of rotatable bonds is 14. The molecule has 1 N–H and O–H groups in total. The molecule has 10 heteroatoms. The highest BCUT2D eigenvalue weighted by molar-refractivity contribution is 7.92. The minimum atomic E-state index is -4.18. The summed E-state index contributed by atoms with van der Waals surface area (Å²) in [7, 11) is -2.72. The molecular weight excluding hydrogens is 562 g/mol. The van der Waals surface area contributed by atoms with Crippen LogP contribution in [0.25, 0.3) is 0 Å². The fourth-order valence-electron chi connectivity index (χ4n) is 4.44. The Bertz CT molecular complexity index is 1420. The summed E-state index contributed by atoms with van der Waals surface area (Å²) in [6.45, 7) is 5.85. The summed E-state index contributed by atoms with van der Waals surface area (Å²) in [6, 6.07) is 19.8. The van der Waals surface area contributed by atoms with Gasteiger partial charge in [-0.3, -0.25) is 13.9 Å². The number of ether oxygens (including phenoxy) is 1. The SMILES string of the molecule is CCCNC(=O)[C@H](CC)N(CCc1ccccc1)C(=O)CN(c1ccc(OC)c(Cl)c1)S(=O)(=O)c1ccc(C)cc1. The van der Waals surface area contributed by atoms with Gasteiger partial charge < -0.3 is 15.0 Å². The van der Waals surface area contributed by atoms with Crippen molar-refractivity contribution in [2.75, 3.05) is 31.0 Å². The van der Waals surface area contributed by atoms with Gasteiger partial charge in [0.25, 0.3) is 10.0 Å². The molecule has 0 bridgehead atoms. The van der Waals surface area contributed by atoms with E-state index in [1.807, 2.05) is 51.1 Å². The second-order valence-electron chi connectivity index (χ2n) is 9.68. The normalized spacial score (nSPS) is 11.9. The number of aryl methyl sites for hydroxylation is 1. The van der Waals surface area contributed by atoms with Crippen molar-refractivity contribution in [1.29, 1.82) is 0 Å². The lowest BCUT2D eigenvalue weighted by atomic mass is 10.1. The number of carbonyl (C=O) groups excluding carboxylic acids is 2. The molecule has 3 aromatic rings. The summed E-state index contributed by atoms with van der Waals surface area (Å²) in [4.78, 5) is 28.7. The molecule has 0 aromatic heterocycles. The van der Waals surface area contributed by atoms with Crippen LogP contribution < -0.4 is 14.4 Å². The number of sulfonamides is 1. The first kappa shape index (κ1) is 32.0. The van der Waals surface area contributed by atoms with Crippen LogP contribution in [0.15, 0.2) is 77.7 Å². The molecule has 220 valence electrons. The summed E-state index contributed by atoms with van der Waals surface area (Å²) in [6.07, 6.45) is 1.62. The maximum atomic E-state index is 14.0. The highest BCUT2D eigenvalue weighted by Crippen LogP contribution is 2.32. The molecule has 2 amide bonds. The zero-order valence-corrected chi connectivity index (χ0v) is 25.5. The van der Waals surface area contributed by atoms with E-state index >= 15 is 0 Å². The van der Waals surface area contributed by atoms with Gasteiger partial charge in [-0.25, -0.2) is 8.42 Å². The molecule has 0 unspecified atom stereocenters. The second-order valence-corrected chi connectivity index (χ2v) is 12.0. The number of halogens is 1. The zero-order chi connectivity index (χ0) is 30.0. The standard InChI is InChI=1S/C31H38ClN3O5S/c1-5-19-33-31(37)28(6-2)34(20-18-24-10-8-7-9-11-24)30(36)22-35(25-14-17-29(40-4)27(32)21-25)41(38,39)26-15-12-23(3)13-16-26/h7-17,21,28H,5-6,18-20,22H2,1-4H3,(H,33,37)/t28-/m0/s1. The van der Waals surface area contributed by atoms with Crippen molar-refractivity contribution in [3.8, 4) is 5.75 Å². The largest absolute Gasteiger partial charge is 0.495 e. The maximum Gasteiger partial charge on any atom is 0.264 e. The Kier molecular flexibility index (Phi) is 11.6. The predicted octanol–water partition coefficient (Wildman–Crippen LogP) is 5.23. The Hall–Kier alpha value is -3.56. The average Bonchev–Trinajstić information content (AvgIpc) is 2.97. The molecule has 0 aliphatic heterocycles. The van der Waals surface area contributed by atoms with E-state index in [9.17, 15) is 18.0 Å². The van der Waals surface area contributed by atoms with Gasteiger partial charge in [-0.05, 0) is 62.1 Å². The highest BCUT2D eigenvalue weighted by Gasteiger charge is 2.33. The number of anilines is 1. The Balaban J connectivity index is 2.03. The molecule has 3 aromatic carbocycles. The van der Waals surface area contributed by atoms with Crippen LogP contribution in [0.1, 0.15) is 37.8 Å². The van der Waals surface area contributed by atoms with Crippen LogP contribution >= 0.6 is 11.6 Å². The molecule has 0 saturated heterocycles. The number of carbonyl (C=O) groups is 2. The van der Waals surface area contributed by atoms with Crippen LogP contribution in [0, 0.1) is 6.92 Å². The summed E-state index contributed by atoms with van der Waals surface area (Å²) >= 11 is 6.38. The van der Waals surface area contributed by atoms with Gasteiger partial charge in [-0.15, -0.1) is 0 Å². The average molecular weight is 600 g/mol. The Morgan fingerprint density at radius 2 is 1.68 bits per heavy atom. The third-order valence-corrected chi connectivity index (χ3v) is 8.81. The van der Waals surface area contributed by atoms with E-state index in [1.165, 1.54) is 30.2 Å². The molecule has 0 aliphatic carbocycles. The molecule has 0 spiro atoms. The Morgan fingerprint density at radius 1 is 1.00 bits per heavy atom. The van der Waals surface area contributed by atoms with Crippen LogP contribution in [-0.4, -0.2) is 57.9 Å². The molecule has 1 atom stereocenters. The molecule has 0 heterocycles. The van der Waals surface area contributed by atoms with Crippen LogP contribution in [-0.2, 0) is 26.0 Å². The molecule has 0 saturated carbocycles. The monoisotopic (exact) mass is 599 g/mol. The Labute approximate surface area is 248 Å². The van der Waals surface area contributed by atoms with E-state index < -0.39 is 28.5 Å². The number of nitrogens with one attached hydrogen (secondary N) is 1. The van der Waals surface area contributed by atoms with E-state index in [0.717, 1.165) is 21.9 Å². The van der Waals surface area contributed by atoms with Crippen molar-refractivity contribution < 1.29 is 22.7 Å². The minimum Gasteiger partial charge on any atom is -0.495 e. The second kappa shape index (κ2) is 14.9. The molecule has 3 rings (SSSR count). The van der Waals surface area contributed by atoms with E-state index in [0.29, 0.717) is 25.1 Å². The first-order valence-electron chi connectivity index (χ1n) is 13.7. The topological polar surface area (TPSA) is 96.0 Å². The first-order valence-corrected chi connectivity index (χ1v) is 15.5. The van der Waals surface area contributed by atoms with Crippen molar-refractivity contribution >= 4 is 39.1 Å². The van der Waals surface area contributed by atoms with Crippen molar-refractivity contribution in [2.24, 2.45) is 0 Å². The number of hydrogen-bond donors (Lipinski definition) is 1. The molecule has 8 nitrogen and oxygen atoms in total. The van der Waals surface area contributed by atoms with Crippen molar-refractivity contribution in [3.63, 3.8) is 0 Å². The fourth-order valence-corrected chi connectivity index (χ4v) is 6.10. The number of hydrogen-bond acceptors (Lipinski definition) is 5. The van der Waals surface area contributed by atoms with Crippen LogP contribution in [0.4, 0.5) is 5.69 Å². The van der Waals surface area contributed by atoms with Crippen LogP contribution in [0.5, 0.6) is 5.75 Å². The summed E-state index contributed by atoms with van der Waals surface area (Å²) in [5, 5.41) is 3.09. The van der Waals surface area contributed by atoms with Gasteiger partial charge in [0.1, 0.15) is 18.3 Å². The summed E-state index contributed by atoms with van der Waals surface area (Å²) in [5.41, 5.74) is 2.10. The third kappa shape index (κ3) is 8.24. The Morgan fingerprint density at radius 3 is 2.27 bits per heavy atom. The first-order chi connectivity index (χ1) is 19.6. The smallest absolute Gasteiger partial charge is 0.264 e. The molecule has 0 aliphatic rings. The maximum absolute atomic E-state index is 14.0. The van der Waals surface area contributed by atoms with Gasteiger partial charge in [-0.2, -0.15) is 0 Å². The van der Waals surface area contributed by atoms with Crippen molar-refractivity contribution in [1.82, 2.24) is 10.2 Å². The van der Waals surface area contributed by atoms with E-state index in [4.69, 9.17) is 16.3 Å². The molecule has 0 fully saturated rings. The fraction of sp³-hybridized carbons (Fsp3) is 0.355. The van der Waals surface area contributed by atoms with Crippen LogP contribution in [0.2, 0.25) is 5.02 Å². The van der Waals surface area contributed by atoms with E-state index in [1.54, 1.807) is 24.3 Å². The molecule has 41 heavy (non-hydrogen) atoms. The lowest BCUT2D eigenvalue weighted by molar-refractivity contribution is -0.139. The van der Waals surface area contributed by atoms with Gasteiger partial charge >= 0.3 is 0 Å². The number of amides is 2. The summed E-state index contributed by atoms with van der Waals surface area (Å²) < 4.78 is 34.2. The van der Waals surface area contributed by atoms with Crippen LogP contribution in [0.3, 0.4) is 0 Å². The van der Waals surface area contributed by atoms with E-state index in [-0.39, 0.29) is 28.1 Å². The number of benzene rings is 3. The molecular formula is C31H38ClN3O5S. The van der Waals surface area contributed by atoms with Crippen molar-refractivity contribution in [3.05, 3.63) is 88.9 Å². The van der Waals surface area contributed by atoms with Gasteiger partial charge in [0.2, 0.25) is 11.8 Å². The quantitative estimate of drug-likeness (QED) is 0.274. The lowest BCUT2D eigenvalue weighted by Crippen LogP contribution is -2.53. The van der Waals surface area contributed by atoms with Crippen molar-refractivity contribution in [2.45, 2.75) is 51.0 Å². The van der Waals surface area contributed by atoms with Gasteiger partial charge in [0, 0.05) is 13.1 Å². The third-order valence-electron chi connectivity index (χ3n) is 6.73. The zero-order valence-electron chi connectivity index (χ0n) is 24.0. The predicted molar refractivity (Wildman–Crippen MR) is 163 cm³/mol. The lowest BCUT2D eigenvalue weighted by Gasteiger charge is -2.33. The van der Waals surface area contributed by atoms with Gasteiger partial charge in [-0.1, -0.05) is 73.5 Å². The highest BCUT2D eigenvalue weighted by atomic mass is 35.5.